The van der Waals surface area contributed by atoms with Crippen molar-refractivity contribution in [1.82, 2.24) is 9.78 Å². The van der Waals surface area contributed by atoms with Gasteiger partial charge in [-0.15, -0.1) is 0 Å². The number of nitrogens with zero attached hydrogens (tertiary/aromatic N) is 2. The Morgan fingerprint density at radius 2 is 2.20 bits per heavy atom. The standard InChI is InChI=1S/C11H16N2O2/c1-8-7-10(13(2)12-8)11(14)9-3-5-15-6-4-9/h7,9H,3-6H2,1-2H3. The van der Waals surface area contributed by atoms with Crippen LogP contribution in [0.4, 0.5) is 0 Å². The fourth-order valence-electron chi connectivity index (χ4n) is 2.01. The molecular weight excluding hydrogens is 192 g/mol. The van der Waals surface area contributed by atoms with Gasteiger partial charge in [-0.1, -0.05) is 0 Å². The Kier molecular flexibility index (Phi) is 2.86. The molecule has 1 aromatic rings. The van der Waals surface area contributed by atoms with Crippen LogP contribution >= 0.6 is 0 Å². The summed E-state index contributed by atoms with van der Waals surface area (Å²) in [5.74, 6) is 0.329. The number of hydrogen-bond donors (Lipinski definition) is 0. The van der Waals surface area contributed by atoms with E-state index in [1.54, 1.807) is 4.68 Å². The Morgan fingerprint density at radius 1 is 1.53 bits per heavy atom. The minimum atomic E-state index is 0.119. The number of aromatic nitrogens is 2. The number of carbonyl (C=O) groups excluding carboxylic acids is 1. The molecular formula is C11H16N2O2. The summed E-state index contributed by atoms with van der Waals surface area (Å²) >= 11 is 0. The van der Waals surface area contributed by atoms with Crippen LogP contribution in [0.2, 0.25) is 0 Å². The molecule has 2 rings (SSSR count). The molecule has 1 fully saturated rings. The van der Waals surface area contributed by atoms with E-state index in [0.717, 1.165) is 24.2 Å². The maximum atomic E-state index is 12.1. The van der Waals surface area contributed by atoms with E-state index >= 15 is 0 Å². The highest BCUT2D eigenvalue weighted by atomic mass is 16.5. The molecule has 4 nitrogen and oxygen atoms in total. The second kappa shape index (κ2) is 4.14. The average molecular weight is 208 g/mol. The topological polar surface area (TPSA) is 44.1 Å². The van der Waals surface area contributed by atoms with Crippen LogP contribution in [-0.2, 0) is 11.8 Å². The maximum Gasteiger partial charge on any atom is 0.184 e. The average Bonchev–Trinajstić information content (AvgIpc) is 2.58. The minimum absolute atomic E-state index is 0.119. The highest BCUT2D eigenvalue weighted by molar-refractivity contribution is 5.96. The maximum absolute atomic E-state index is 12.1. The minimum Gasteiger partial charge on any atom is -0.381 e. The van der Waals surface area contributed by atoms with E-state index in [0.29, 0.717) is 13.2 Å². The number of rotatable bonds is 2. The zero-order valence-corrected chi connectivity index (χ0v) is 9.19. The zero-order valence-electron chi connectivity index (χ0n) is 9.19. The van der Waals surface area contributed by atoms with Gasteiger partial charge in [-0.25, -0.2) is 0 Å². The van der Waals surface area contributed by atoms with Gasteiger partial charge in [0.05, 0.1) is 5.69 Å². The second-order valence-corrected chi connectivity index (χ2v) is 4.05. The third-order valence-electron chi connectivity index (χ3n) is 2.85. The summed E-state index contributed by atoms with van der Waals surface area (Å²) in [6, 6.07) is 1.86. The number of carbonyl (C=O) groups is 1. The quantitative estimate of drug-likeness (QED) is 0.689. The Hall–Kier alpha value is -1.16. The number of hydrogen-bond acceptors (Lipinski definition) is 3. The van der Waals surface area contributed by atoms with E-state index < -0.39 is 0 Å². The lowest BCUT2D eigenvalue weighted by molar-refractivity contribution is 0.0539. The van der Waals surface area contributed by atoms with Gasteiger partial charge in [0, 0.05) is 26.2 Å². The Bertz CT molecular complexity index is 365. The van der Waals surface area contributed by atoms with Gasteiger partial charge in [0.2, 0.25) is 0 Å². The highest BCUT2D eigenvalue weighted by Gasteiger charge is 2.24. The summed E-state index contributed by atoms with van der Waals surface area (Å²) in [7, 11) is 1.82. The molecule has 0 N–H and O–H groups in total. The van der Waals surface area contributed by atoms with Crippen LogP contribution in [0, 0.1) is 12.8 Å². The van der Waals surface area contributed by atoms with Crippen LogP contribution < -0.4 is 0 Å². The first-order valence-corrected chi connectivity index (χ1v) is 5.31. The summed E-state index contributed by atoms with van der Waals surface area (Å²) < 4.78 is 6.92. The fourth-order valence-corrected chi connectivity index (χ4v) is 2.01. The lowest BCUT2D eigenvalue weighted by Crippen LogP contribution is -2.25. The van der Waals surface area contributed by atoms with Crippen molar-refractivity contribution in [2.24, 2.45) is 13.0 Å². The third-order valence-corrected chi connectivity index (χ3v) is 2.85. The van der Waals surface area contributed by atoms with E-state index in [2.05, 4.69) is 5.10 Å². The molecule has 82 valence electrons. The Labute approximate surface area is 89.2 Å². The van der Waals surface area contributed by atoms with Gasteiger partial charge in [0.15, 0.2) is 5.78 Å². The third kappa shape index (κ3) is 2.09. The van der Waals surface area contributed by atoms with Crippen LogP contribution in [0.5, 0.6) is 0 Å². The monoisotopic (exact) mass is 208 g/mol. The Morgan fingerprint density at radius 3 is 2.73 bits per heavy atom. The van der Waals surface area contributed by atoms with E-state index in [9.17, 15) is 4.79 Å². The SMILES string of the molecule is Cc1cc(C(=O)C2CCOCC2)n(C)n1. The molecule has 0 unspecified atom stereocenters. The van der Waals surface area contributed by atoms with Crippen LogP contribution in [0.3, 0.4) is 0 Å². The zero-order chi connectivity index (χ0) is 10.8. The summed E-state index contributed by atoms with van der Waals surface area (Å²) in [5.41, 5.74) is 1.62. The molecule has 15 heavy (non-hydrogen) atoms. The summed E-state index contributed by atoms with van der Waals surface area (Å²) in [6.45, 7) is 3.31. The van der Waals surface area contributed by atoms with Crippen molar-refractivity contribution in [3.63, 3.8) is 0 Å². The van der Waals surface area contributed by atoms with E-state index in [-0.39, 0.29) is 11.7 Å². The molecule has 0 saturated carbocycles. The van der Waals surface area contributed by atoms with Crippen molar-refractivity contribution in [2.45, 2.75) is 19.8 Å². The molecule has 1 aliphatic rings. The fraction of sp³-hybridized carbons (Fsp3) is 0.636. The first kappa shape index (κ1) is 10.4. The van der Waals surface area contributed by atoms with Crippen LogP contribution in [0.1, 0.15) is 29.0 Å². The lowest BCUT2D eigenvalue weighted by atomic mass is 9.93. The molecule has 0 aromatic carbocycles. The molecule has 2 heterocycles. The van der Waals surface area contributed by atoms with Crippen molar-refractivity contribution < 1.29 is 9.53 Å². The van der Waals surface area contributed by atoms with E-state index in [1.165, 1.54) is 0 Å². The van der Waals surface area contributed by atoms with Crippen molar-refractivity contribution in [3.05, 3.63) is 17.5 Å². The van der Waals surface area contributed by atoms with Gasteiger partial charge in [0.25, 0.3) is 0 Å². The number of ether oxygens (including phenoxy) is 1. The summed E-state index contributed by atoms with van der Waals surface area (Å²) in [5, 5.41) is 4.19. The largest absolute Gasteiger partial charge is 0.381 e. The van der Waals surface area contributed by atoms with Crippen molar-refractivity contribution in [1.29, 1.82) is 0 Å². The number of aryl methyl sites for hydroxylation is 2. The molecule has 0 aliphatic carbocycles. The predicted molar refractivity (Wildman–Crippen MR) is 55.8 cm³/mol. The highest BCUT2D eigenvalue weighted by Crippen LogP contribution is 2.20. The molecule has 1 aliphatic heterocycles. The van der Waals surface area contributed by atoms with Gasteiger partial charge in [0.1, 0.15) is 5.69 Å². The van der Waals surface area contributed by atoms with Gasteiger partial charge < -0.3 is 4.74 Å². The number of Topliss-reactive ketones (excluding diaryl/α,β-unsaturated/α-hetero) is 1. The van der Waals surface area contributed by atoms with E-state index in [4.69, 9.17) is 4.74 Å². The molecule has 1 saturated heterocycles. The normalized spacial score (nSPS) is 18.0. The molecule has 0 radical (unpaired) electrons. The van der Waals surface area contributed by atoms with Gasteiger partial charge >= 0.3 is 0 Å². The molecule has 0 spiro atoms. The second-order valence-electron chi connectivity index (χ2n) is 4.05. The molecule has 0 amide bonds. The summed E-state index contributed by atoms with van der Waals surface area (Å²) in [6.07, 6.45) is 1.67. The first-order valence-electron chi connectivity index (χ1n) is 5.31. The van der Waals surface area contributed by atoms with Crippen molar-refractivity contribution in [3.8, 4) is 0 Å². The van der Waals surface area contributed by atoms with Crippen molar-refractivity contribution in [2.75, 3.05) is 13.2 Å². The lowest BCUT2D eigenvalue weighted by Gasteiger charge is -2.20. The predicted octanol–water partition coefficient (Wildman–Crippen LogP) is 1.34. The molecule has 4 heteroatoms. The van der Waals surface area contributed by atoms with E-state index in [1.807, 2.05) is 20.0 Å². The first-order chi connectivity index (χ1) is 7.18. The van der Waals surface area contributed by atoms with Crippen LogP contribution in [-0.4, -0.2) is 28.8 Å². The summed E-state index contributed by atoms with van der Waals surface area (Å²) in [4.78, 5) is 12.1. The Balaban J connectivity index is 2.16. The molecule has 0 bridgehead atoms. The van der Waals surface area contributed by atoms with Gasteiger partial charge in [-0.2, -0.15) is 5.10 Å². The van der Waals surface area contributed by atoms with Crippen LogP contribution in [0.25, 0.3) is 0 Å². The van der Waals surface area contributed by atoms with Gasteiger partial charge in [-0.3, -0.25) is 9.48 Å². The van der Waals surface area contributed by atoms with Crippen molar-refractivity contribution >= 4 is 5.78 Å². The number of ketones is 1. The van der Waals surface area contributed by atoms with Gasteiger partial charge in [-0.05, 0) is 25.8 Å². The molecule has 0 atom stereocenters. The molecule has 1 aromatic heterocycles. The van der Waals surface area contributed by atoms with Crippen LogP contribution in [0.15, 0.2) is 6.07 Å². The smallest absolute Gasteiger partial charge is 0.184 e.